The van der Waals surface area contributed by atoms with Gasteiger partial charge in [-0.15, -0.1) is 11.3 Å². The van der Waals surface area contributed by atoms with Crippen LogP contribution in [-0.2, 0) is 6.42 Å². The van der Waals surface area contributed by atoms with E-state index in [1.165, 1.54) is 23.5 Å². The van der Waals surface area contributed by atoms with Gasteiger partial charge < -0.3 is 5.32 Å². The minimum Gasteiger partial charge on any atom is -0.370 e. The van der Waals surface area contributed by atoms with Gasteiger partial charge in [0.15, 0.2) is 0 Å². The molecule has 0 aliphatic heterocycles. The van der Waals surface area contributed by atoms with Crippen molar-refractivity contribution in [3.63, 3.8) is 0 Å². The molecule has 0 saturated heterocycles. The summed E-state index contributed by atoms with van der Waals surface area (Å²) < 4.78 is 0. The highest BCUT2D eigenvalue weighted by molar-refractivity contribution is 7.09. The molecule has 18 heavy (non-hydrogen) atoms. The Labute approximate surface area is 108 Å². The van der Waals surface area contributed by atoms with E-state index in [4.69, 9.17) is 0 Å². The molecule has 2 heterocycles. The molecule has 0 bridgehead atoms. The summed E-state index contributed by atoms with van der Waals surface area (Å²) in [6.07, 6.45) is 2.22. The molecule has 0 saturated carbocycles. The van der Waals surface area contributed by atoms with Gasteiger partial charge in [-0.2, -0.15) is 0 Å². The van der Waals surface area contributed by atoms with Gasteiger partial charge in [0.2, 0.25) is 0 Å². The molecule has 2 rings (SSSR count). The molecule has 94 valence electrons. The number of hydrogen-bond acceptors (Lipinski definition) is 6. The Morgan fingerprint density at radius 2 is 2.33 bits per heavy atom. The Morgan fingerprint density at radius 3 is 2.94 bits per heavy atom. The van der Waals surface area contributed by atoms with Gasteiger partial charge in [0.25, 0.3) is 5.69 Å². The van der Waals surface area contributed by atoms with Crippen molar-refractivity contribution >= 4 is 22.8 Å². The lowest BCUT2D eigenvalue weighted by molar-refractivity contribution is -0.384. The summed E-state index contributed by atoms with van der Waals surface area (Å²) in [6.45, 7) is 2.59. The van der Waals surface area contributed by atoms with Gasteiger partial charge >= 0.3 is 0 Å². The summed E-state index contributed by atoms with van der Waals surface area (Å²) in [5.41, 5.74) is 0.697. The van der Waals surface area contributed by atoms with Crippen LogP contribution in [-0.4, -0.2) is 21.4 Å². The largest absolute Gasteiger partial charge is 0.370 e. The number of rotatable bonds is 5. The highest BCUT2D eigenvalue weighted by Crippen LogP contribution is 2.20. The zero-order valence-electron chi connectivity index (χ0n) is 9.79. The molecule has 0 radical (unpaired) electrons. The van der Waals surface area contributed by atoms with Gasteiger partial charge in [-0.3, -0.25) is 10.1 Å². The van der Waals surface area contributed by atoms with Crippen LogP contribution >= 0.6 is 11.3 Å². The van der Waals surface area contributed by atoms with E-state index in [-0.39, 0.29) is 5.69 Å². The Hall–Kier alpha value is -2.02. The Balaban J connectivity index is 2.30. The van der Waals surface area contributed by atoms with Crippen LogP contribution in [0.25, 0.3) is 0 Å². The van der Waals surface area contributed by atoms with E-state index in [2.05, 4.69) is 15.3 Å². The van der Waals surface area contributed by atoms with Crippen LogP contribution in [0.3, 0.4) is 0 Å². The fourth-order valence-corrected chi connectivity index (χ4v) is 2.17. The molecule has 2 aromatic heterocycles. The van der Waals surface area contributed by atoms with Gasteiger partial charge in [0, 0.05) is 30.6 Å². The Kier molecular flexibility index (Phi) is 3.83. The number of anilines is 1. The highest BCUT2D eigenvalue weighted by Gasteiger charge is 2.12. The summed E-state index contributed by atoms with van der Waals surface area (Å²) >= 11 is 1.51. The lowest BCUT2D eigenvalue weighted by atomic mass is 10.2. The molecule has 1 N–H and O–H groups in total. The number of nitro groups is 1. The SMILES string of the molecule is CCNc1cc([N+](=O)[O-])cc(Cc2nccs2)n1. The van der Waals surface area contributed by atoms with Crippen LogP contribution in [0.4, 0.5) is 11.5 Å². The second-order valence-corrected chi connectivity index (χ2v) is 4.57. The van der Waals surface area contributed by atoms with Crippen molar-refractivity contribution in [2.24, 2.45) is 0 Å². The maximum atomic E-state index is 10.8. The monoisotopic (exact) mass is 264 g/mol. The van der Waals surface area contributed by atoms with E-state index in [0.29, 0.717) is 24.5 Å². The number of pyridine rings is 1. The van der Waals surface area contributed by atoms with Crippen LogP contribution in [0.15, 0.2) is 23.7 Å². The predicted molar refractivity (Wildman–Crippen MR) is 70.0 cm³/mol. The average Bonchev–Trinajstić information content (AvgIpc) is 2.82. The molecule has 7 heteroatoms. The van der Waals surface area contributed by atoms with Crippen LogP contribution in [0, 0.1) is 10.1 Å². The summed E-state index contributed by atoms with van der Waals surface area (Å²) in [5.74, 6) is 0.526. The first-order valence-corrected chi connectivity index (χ1v) is 6.34. The molecule has 0 atom stereocenters. The Bertz CT molecular complexity index is 542. The summed E-state index contributed by atoms with van der Waals surface area (Å²) in [5, 5.41) is 16.6. The Morgan fingerprint density at radius 1 is 1.50 bits per heavy atom. The van der Waals surface area contributed by atoms with E-state index in [1.807, 2.05) is 12.3 Å². The van der Waals surface area contributed by atoms with Crippen molar-refractivity contribution in [3.8, 4) is 0 Å². The van der Waals surface area contributed by atoms with Crippen molar-refractivity contribution in [2.45, 2.75) is 13.3 Å². The number of nitrogens with zero attached hydrogens (tertiary/aromatic N) is 3. The van der Waals surface area contributed by atoms with Gasteiger partial charge in [-0.25, -0.2) is 9.97 Å². The summed E-state index contributed by atoms with van der Waals surface area (Å²) in [7, 11) is 0. The summed E-state index contributed by atoms with van der Waals surface area (Å²) in [4.78, 5) is 18.9. The normalized spacial score (nSPS) is 10.3. The van der Waals surface area contributed by atoms with E-state index in [0.717, 1.165) is 5.01 Å². The van der Waals surface area contributed by atoms with Crippen molar-refractivity contribution in [3.05, 3.63) is 44.5 Å². The van der Waals surface area contributed by atoms with Crippen LogP contribution in [0.2, 0.25) is 0 Å². The average molecular weight is 264 g/mol. The molecular weight excluding hydrogens is 252 g/mol. The standard InChI is InChI=1S/C11H12N4O2S/c1-2-12-10-7-9(15(16)17)5-8(14-10)6-11-13-3-4-18-11/h3-5,7H,2,6H2,1H3,(H,12,14). The zero-order valence-corrected chi connectivity index (χ0v) is 10.6. The van der Waals surface area contributed by atoms with Crippen LogP contribution in [0.1, 0.15) is 17.6 Å². The first kappa shape index (κ1) is 12.4. The molecule has 6 nitrogen and oxygen atoms in total. The molecule has 0 aliphatic rings. The topological polar surface area (TPSA) is 81.0 Å². The molecule has 0 spiro atoms. The first-order chi connectivity index (χ1) is 8.69. The van der Waals surface area contributed by atoms with Gasteiger partial charge in [-0.05, 0) is 6.92 Å². The molecule has 0 aliphatic carbocycles. The highest BCUT2D eigenvalue weighted by atomic mass is 32.1. The van der Waals surface area contributed by atoms with E-state index in [1.54, 1.807) is 6.20 Å². The fraction of sp³-hybridized carbons (Fsp3) is 0.273. The predicted octanol–water partition coefficient (Wildman–Crippen LogP) is 2.47. The minimum absolute atomic E-state index is 0.0486. The fourth-order valence-electron chi connectivity index (χ4n) is 1.53. The second-order valence-electron chi connectivity index (χ2n) is 3.59. The molecule has 0 amide bonds. The quantitative estimate of drug-likeness (QED) is 0.662. The minimum atomic E-state index is -0.409. The van der Waals surface area contributed by atoms with Crippen molar-refractivity contribution in [1.82, 2.24) is 9.97 Å². The number of nitrogens with one attached hydrogen (secondary N) is 1. The third-order valence-electron chi connectivity index (χ3n) is 2.25. The van der Waals surface area contributed by atoms with Crippen molar-refractivity contribution in [2.75, 3.05) is 11.9 Å². The third-order valence-corrected chi connectivity index (χ3v) is 3.03. The molecule has 0 aromatic carbocycles. The number of hydrogen-bond donors (Lipinski definition) is 1. The van der Waals surface area contributed by atoms with Crippen molar-refractivity contribution in [1.29, 1.82) is 0 Å². The zero-order chi connectivity index (χ0) is 13.0. The third kappa shape index (κ3) is 3.01. The smallest absolute Gasteiger partial charge is 0.274 e. The lowest BCUT2D eigenvalue weighted by Crippen LogP contribution is -2.03. The maximum absolute atomic E-state index is 10.8. The summed E-state index contributed by atoms with van der Waals surface area (Å²) in [6, 6.07) is 2.93. The van der Waals surface area contributed by atoms with Crippen LogP contribution in [0.5, 0.6) is 0 Å². The van der Waals surface area contributed by atoms with Gasteiger partial charge in [-0.1, -0.05) is 0 Å². The molecule has 2 aromatic rings. The molecule has 0 unspecified atom stereocenters. The lowest BCUT2D eigenvalue weighted by Gasteiger charge is -2.05. The van der Waals surface area contributed by atoms with E-state index < -0.39 is 4.92 Å². The molecular formula is C11H12N4O2S. The first-order valence-electron chi connectivity index (χ1n) is 5.46. The van der Waals surface area contributed by atoms with Gasteiger partial charge in [0.1, 0.15) is 5.82 Å². The van der Waals surface area contributed by atoms with Crippen molar-refractivity contribution < 1.29 is 4.92 Å². The molecule has 0 fully saturated rings. The van der Waals surface area contributed by atoms with E-state index in [9.17, 15) is 10.1 Å². The van der Waals surface area contributed by atoms with E-state index >= 15 is 0 Å². The maximum Gasteiger partial charge on any atom is 0.274 e. The van der Waals surface area contributed by atoms with Gasteiger partial charge in [0.05, 0.1) is 21.7 Å². The second kappa shape index (κ2) is 5.54. The number of aromatic nitrogens is 2. The number of thiazole rings is 1. The van der Waals surface area contributed by atoms with Crippen LogP contribution < -0.4 is 5.32 Å².